The Balaban J connectivity index is 0.000000151. The molecule has 1 heterocycles. The molecule has 0 radical (unpaired) electrons. The van der Waals surface area contributed by atoms with Gasteiger partial charge in [0.15, 0.2) is 0 Å². The van der Waals surface area contributed by atoms with Crippen molar-refractivity contribution < 1.29 is 0 Å². The maximum absolute atomic E-state index is 2.92. The molecule has 0 aromatic carbocycles. The summed E-state index contributed by atoms with van der Waals surface area (Å²) in [7, 11) is 0. The Bertz CT molecular complexity index is 280. The molecular weight excluding hydrogens is 182 g/mol. The van der Waals surface area contributed by atoms with Gasteiger partial charge in [-0.05, 0) is 12.2 Å². The Hall–Kier alpha value is -2.02. The standard InChI is InChI=1S/C8H8.C6H7N/c1-2-4-6-8-7-5-3-1;1-2-4-6-7-5-3-1/h1-8H;1-7H. The second-order valence-corrected chi connectivity index (χ2v) is 2.81. The first-order valence-corrected chi connectivity index (χ1v) is 4.91. The average molecular weight is 197 g/mol. The molecule has 0 saturated carbocycles. The molecule has 0 spiro atoms. The monoisotopic (exact) mass is 197 g/mol. The lowest BCUT2D eigenvalue weighted by Gasteiger charge is -1.79. The van der Waals surface area contributed by atoms with Crippen molar-refractivity contribution >= 4 is 0 Å². The van der Waals surface area contributed by atoms with E-state index in [1.54, 1.807) is 0 Å². The van der Waals surface area contributed by atoms with Crippen molar-refractivity contribution in [2.45, 2.75) is 0 Å². The first-order chi connectivity index (χ1) is 7.50. The van der Waals surface area contributed by atoms with Gasteiger partial charge < -0.3 is 5.32 Å². The molecule has 1 aliphatic heterocycles. The molecule has 1 nitrogen and oxygen atoms in total. The van der Waals surface area contributed by atoms with Gasteiger partial charge in [-0.2, -0.15) is 0 Å². The minimum absolute atomic E-state index is 1.88. The Labute approximate surface area is 91.2 Å². The van der Waals surface area contributed by atoms with Crippen LogP contribution in [0.3, 0.4) is 0 Å². The molecule has 76 valence electrons. The maximum Gasteiger partial charge on any atom is 0.000442 e. The molecule has 0 aromatic heterocycles. The number of allylic oxidation sites excluding steroid dienone is 12. The number of hydrogen-bond acceptors (Lipinski definition) is 1. The van der Waals surface area contributed by atoms with Gasteiger partial charge in [0, 0.05) is 12.4 Å². The molecule has 1 aliphatic carbocycles. The number of rotatable bonds is 0. The highest BCUT2D eigenvalue weighted by molar-refractivity contribution is 5.23. The Morgan fingerprint density at radius 2 is 0.600 bits per heavy atom. The van der Waals surface area contributed by atoms with Crippen LogP contribution in [0.2, 0.25) is 0 Å². The van der Waals surface area contributed by atoms with E-state index in [1.807, 2.05) is 85.3 Å². The van der Waals surface area contributed by atoms with Gasteiger partial charge in [-0.25, -0.2) is 0 Å². The number of hydrogen-bond donors (Lipinski definition) is 1. The zero-order valence-electron chi connectivity index (χ0n) is 8.58. The van der Waals surface area contributed by atoms with Crippen molar-refractivity contribution in [3.8, 4) is 0 Å². The van der Waals surface area contributed by atoms with Crippen LogP contribution in [-0.4, -0.2) is 0 Å². The molecule has 0 amide bonds. The summed E-state index contributed by atoms with van der Waals surface area (Å²) in [5.41, 5.74) is 0. The van der Waals surface area contributed by atoms with Crippen LogP contribution in [-0.2, 0) is 0 Å². The second kappa shape index (κ2) is 8.57. The quantitative estimate of drug-likeness (QED) is 0.627. The molecule has 2 rings (SSSR count). The largest absolute Gasteiger partial charge is 0.368 e. The summed E-state index contributed by atoms with van der Waals surface area (Å²) in [6.07, 6.45) is 27.6. The van der Waals surface area contributed by atoms with Crippen molar-refractivity contribution in [3.63, 3.8) is 0 Å². The van der Waals surface area contributed by atoms with E-state index >= 15 is 0 Å². The fraction of sp³-hybridized carbons (Fsp3) is 0. The summed E-state index contributed by atoms with van der Waals surface area (Å²) in [5, 5.41) is 2.92. The highest BCUT2D eigenvalue weighted by atomic mass is 14.8. The van der Waals surface area contributed by atoms with E-state index in [0.717, 1.165) is 0 Å². The lowest BCUT2D eigenvalue weighted by Crippen LogP contribution is -1.87. The molecule has 0 unspecified atom stereocenters. The third-order valence-corrected chi connectivity index (χ3v) is 1.61. The van der Waals surface area contributed by atoms with Crippen molar-refractivity contribution in [2.24, 2.45) is 0 Å². The van der Waals surface area contributed by atoms with Gasteiger partial charge in [-0.3, -0.25) is 0 Å². The number of nitrogens with one attached hydrogen (secondary N) is 1. The van der Waals surface area contributed by atoms with Crippen LogP contribution in [0.4, 0.5) is 0 Å². The normalized spacial score (nSPS) is 16.0. The minimum atomic E-state index is 1.88. The van der Waals surface area contributed by atoms with Gasteiger partial charge in [0.25, 0.3) is 0 Å². The molecule has 1 heteroatoms. The summed E-state index contributed by atoms with van der Waals surface area (Å²) < 4.78 is 0. The van der Waals surface area contributed by atoms with E-state index < -0.39 is 0 Å². The van der Waals surface area contributed by atoms with Gasteiger partial charge in [-0.1, -0.05) is 60.8 Å². The second-order valence-electron chi connectivity index (χ2n) is 2.81. The van der Waals surface area contributed by atoms with Crippen molar-refractivity contribution in [1.29, 1.82) is 0 Å². The van der Waals surface area contributed by atoms with E-state index in [0.29, 0.717) is 0 Å². The van der Waals surface area contributed by atoms with Crippen LogP contribution in [0.15, 0.2) is 85.3 Å². The van der Waals surface area contributed by atoms with Gasteiger partial charge in [0.1, 0.15) is 0 Å². The minimum Gasteiger partial charge on any atom is -0.368 e. The van der Waals surface area contributed by atoms with Crippen LogP contribution in [0.1, 0.15) is 0 Å². The highest BCUT2D eigenvalue weighted by Gasteiger charge is 1.67. The Morgan fingerprint density at radius 1 is 0.333 bits per heavy atom. The zero-order chi connectivity index (χ0) is 10.6. The van der Waals surface area contributed by atoms with Crippen molar-refractivity contribution in [1.82, 2.24) is 5.32 Å². The predicted molar refractivity (Wildman–Crippen MR) is 67.1 cm³/mol. The first kappa shape index (κ1) is 11.1. The van der Waals surface area contributed by atoms with Crippen LogP contribution in [0, 0.1) is 0 Å². The fourth-order valence-electron chi connectivity index (χ4n) is 0.919. The maximum atomic E-state index is 2.92. The summed E-state index contributed by atoms with van der Waals surface area (Å²) in [5.74, 6) is 0. The van der Waals surface area contributed by atoms with E-state index in [-0.39, 0.29) is 0 Å². The SMILES string of the molecule is C1=CC=CC=CC=C1.C1=CC=CNC=C1. The summed E-state index contributed by atoms with van der Waals surface area (Å²) in [6, 6.07) is 0. The van der Waals surface area contributed by atoms with Crippen molar-refractivity contribution in [2.75, 3.05) is 0 Å². The lowest BCUT2D eigenvalue weighted by atomic mass is 10.3. The molecule has 0 saturated heterocycles. The van der Waals surface area contributed by atoms with Crippen LogP contribution in [0.5, 0.6) is 0 Å². The fourth-order valence-corrected chi connectivity index (χ4v) is 0.919. The highest BCUT2D eigenvalue weighted by Crippen LogP contribution is 1.87. The predicted octanol–water partition coefficient (Wildman–Crippen LogP) is 3.40. The summed E-state index contributed by atoms with van der Waals surface area (Å²) >= 11 is 0. The van der Waals surface area contributed by atoms with E-state index in [2.05, 4.69) is 5.32 Å². The molecule has 15 heavy (non-hydrogen) atoms. The average Bonchev–Trinajstić information content (AvgIpc) is 2.48. The molecule has 1 N–H and O–H groups in total. The van der Waals surface area contributed by atoms with Crippen LogP contribution in [0.25, 0.3) is 0 Å². The third-order valence-electron chi connectivity index (χ3n) is 1.61. The van der Waals surface area contributed by atoms with E-state index in [4.69, 9.17) is 0 Å². The molecule has 0 atom stereocenters. The molecule has 0 fully saturated rings. The Kier molecular flexibility index (Phi) is 6.32. The van der Waals surface area contributed by atoms with Crippen LogP contribution >= 0.6 is 0 Å². The molecular formula is C14H15N. The lowest BCUT2D eigenvalue weighted by molar-refractivity contribution is 1.20. The Morgan fingerprint density at radius 3 is 0.933 bits per heavy atom. The topological polar surface area (TPSA) is 12.0 Å². The van der Waals surface area contributed by atoms with Gasteiger partial charge in [-0.15, -0.1) is 0 Å². The van der Waals surface area contributed by atoms with Gasteiger partial charge >= 0.3 is 0 Å². The zero-order valence-corrected chi connectivity index (χ0v) is 8.58. The van der Waals surface area contributed by atoms with E-state index in [9.17, 15) is 0 Å². The summed E-state index contributed by atoms with van der Waals surface area (Å²) in [4.78, 5) is 0. The van der Waals surface area contributed by atoms with Gasteiger partial charge in [0.2, 0.25) is 0 Å². The van der Waals surface area contributed by atoms with Crippen molar-refractivity contribution in [3.05, 3.63) is 85.3 Å². The third kappa shape index (κ3) is 7.08. The summed E-state index contributed by atoms with van der Waals surface area (Å²) in [6.45, 7) is 0. The van der Waals surface area contributed by atoms with E-state index in [1.165, 1.54) is 0 Å². The van der Waals surface area contributed by atoms with Crippen LogP contribution < -0.4 is 5.32 Å². The smallest absolute Gasteiger partial charge is 0.000442 e. The molecule has 0 bridgehead atoms. The molecule has 0 aromatic rings. The molecule has 2 aliphatic rings. The first-order valence-electron chi connectivity index (χ1n) is 4.91. The van der Waals surface area contributed by atoms with Gasteiger partial charge in [0.05, 0.1) is 0 Å².